The quantitative estimate of drug-likeness (QED) is 0.546. The topological polar surface area (TPSA) is 63.8 Å². The molecular weight excluding hydrogens is 340 g/mol. The van der Waals surface area contributed by atoms with Crippen LogP contribution in [-0.2, 0) is 0 Å². The molecule has 3 aromatic rings. The highest BCUT2D eigenvalue weighted by Gasteiger charge is 2.06. The maximum atomic E-state index is 12.0. The summed E-state index contributed by atoms with van der Waals surface area (Å²) in [5.74, 6) is 1.56. The van der Waals surface area contributed by atoms with Crippen molar-refractivity contribution in [1.29, 1.82) is 0 Å². The van der Waals surface area contributed by atoms with Crippen LogP contribution in [0.2, 0.25) is 5.02 Å². The van der Waals surface area contributed by atoms with Gasteiger partial charge >= 0.3 is 0 Å². The van der Waals surface area contributed by atoms with E-state index in [1.807, 2.05) is 24.3 Å². The molecule has 1 N–H and O–H groups in total. The van der Waals surface area contributed by atoms with Crippen molar-refractivity contribution >= 4 is 23.7 Å². The molecule has 0 fully saturated rings. The molecule has 5 nitrogen and oxygen atoms in total. The van der Waals surface area contributed by atoms with Gasteiger partial charge in [0.1, 0.15) is 17.3 Å². The van der Waals surface area contributed by atoms with Gasteiger partial charge in [-0.25, -0.2) is 5.43 Å². The van der Waals surface area contributed by atoms with Crippen LogP contribution < -0.4 is 10.2 Å². The van der Waals surface area contributed by atoms with Crippen LogP contribution >= 0.6 is 11.6 Å². The van der Waals surface area contributed by atoms with Gasteiger partial charge in [-0.1, -0.05) is 23.7 Å². The molecule has 0 aliphatic heterocycles. The molecule has 25 heavy (non-hydrogen) atoms. The van der Waals surface area contributed by atoms with Crippen LogP contribution in [0.5, 0.6) is 5.75 Å². The lowest BCUT2D eigenvalue weighted by Gasteiger charge is -2.01. The van der Waals surface area contributed by atoms with Gasteiger partial charge in [0, 0.05) is 16.1 Å². The van der Waals surface area contributed by atoms with Gasteiger partial charge in [0.25, 0.3) is 5.91 Å². The van der Waals surface area contributed by atoms with Crippen LogP contribution in [0.15, 0.2) is 70.2 Å². The number of methoxy groups -OCH3 is 1. The van der Waals surface area contributed by atoms with Crippen molar-refractivity contribution in [2.75, 3.05) is 7.11 Å². The van der Waals surface area contributed by atoms with Crippen molar-refractivity contribution < 1.29 is 13.9 Å². The van der Waals surface area contributed by atoms with Crippen LogP contribution in [0, 0.1) is 0 Å². The maximum Gasteiger partial charge on any atom is 0.271 e. The summed E-state index contributed by atoms with van der Waals surface area (Å²) in [6, 6.07) is 17.7. The second-order valence-corrected chi connectivity index (χ2v) is 5.58. The zero-order chi connectivity index (χ0) is 17.6. The minimum Gasteiger partial charge on any atom is -0.497 e. The zero-order valence-corrected chi connectivity index (χ0v) is 14.2. The summed E-state index contributed by atoms with van der Waals surface area (Å²) in [6.07, 6.45) is 1.44. The van der Waals surface area contributed by atoms with Crippen molar-refractivity contribution in [3.8, 4) is 17.1 Å². The summed E-state index contributed by atoms with van der Waals surface area (Å²) in [6.45, 7) is 0. The molecule has 1 aromatic heterocycles. The number of hydrogen-bond acceptors (Lipinski definition) is 4. The number of benzene rings is 2. The number of carbonyl (C=O) groups excluding carboxylic acids is 1. The van der Waals surface area contributed by atoms with Gasteiger partial charge in [-0.15, -0.1) is 0 Å². The van der Waals surface area contributed by atoms with E-state index in [1.54, 1.807) is 43.5 Å². The molecule has 1 heterocycles. The molecule has 0 atom stereocenters. The van der Waals surface area contributed by atoms with Crippen LogP contribution in [0.25, 0.3) is 11.3 Å². The summed E-state index contributed by atoms with van der Waals surface area (Å²) in [4.78, 5) is 12.0. The lowest BCUT2D eigenvalue weighted by atomic mass is 10.2. The summed E-state index contributed by atoms with van der Waals surface area (Å²) in [5, 5.41) is 4.54. The van der Waals surface area contributed by atoms with Crippen LogP contribution in [0.4, 0.5) is 0 Å². The second-order valence-electron chi connectivity index (χ2n) is 5.14. The Balaban J connectivity index is 1.63. The van der Waals surface area contributed by atoms with E-state index >= 15 is 0 Å². The van der Waals surface area contributed by atoms with Crippen molar-refractivity contribution in [2.24, 2.45) is 5.10 Å². The maximum absolute atomic E-state index is 12.0. The molecule has 0 aliphatic rings. The molecule has 0 saturated heterocycles. The highest BCUT2D eigenvalue weighted by Crippen LogP contribution is 2.24. The van der Waals surface area contributed by atoms with E-state index in [1.165, 1.54) is 6.21 Å². The first-order valence-corrected chi connectivity index (χ1v) is 7.87. The minimum absolute atomic E-state index is 0.319. The van der Waals surface area contributed by atoms with E-state index in [9.17, 15) is 4.79 Å². The number of ether oxygens (including phenoxy) is 1. The third kappa shape index (κ3) is 4.28. The second kappa shape index (κ2) is 7.68. The Morgan fingerprint density at radius 2 is 1.96 bits per heavy atom. The van der Waals surface area contributed by atoms with E-state index in [0.717, 1.165) is 5.56 Å². The monoisotopic (exact) mass is 354 g/mol. The van der Waals surface area contributed by atoms with Crippen LogP contribution in [-0.4, -0.2) is 19.2 Å². The van der Waals surface area contributed by atoms with E-state index in [2.05, 4.69) is 10.5 Å². The Morgan fingerprint density at radius 1 is 1.16 bits per heavy atom. The molecule has 0 unspecified atom stereocenters. The van der Waals surface area contributed by atoms with Crippen molar-refractivity contribution in [1.82, 2.24) is 5.43 Å². The summed E-state index contributed by atoms with van der Waals surface area (Å²) < 4.78 is 10.7. The van der Waals surface area contributed by atoms with Gasteiger partial charge in [0.15, 0.2) is 0 Å². The average molecular weight is 355 g/mol. The number of furan rings is 1. The molecule has 0 bridgehead atoms. The predicted molar refractivity (Wildman–Crippen MR) is 97.2 cm³/mol. The van der Waals surface area contributed by atoms with E-state index in [-0.39, 0.29) is 5.91 Å². The van der Waals surface area contributed by atoms with Gasteiger partial charge in [0.05, 0.1) is 13.3 Å². The number of amides is 1. The molecular formula is C19H15ClN2O3. The number of hydrogen-bond donors (Lipinski definition) is 1. The van der Waals surface area contributed by atoms with Crippen LogP contribution in [0.1, 0.15) is 16.1 Å². The fourth-order valence-electron chi connectivity index (χ4n) is 2.18. The van der Waals surface area contributed by atoms with E-state index < -0.39 is 0 Å². The fraction of sp³-hybridized carbons (Fsp3) is 0.0526. The minimum atomic E-state index is -0.319. The Bertz CT molecular complexity index is 901. The van der Waals surface area contributed by atoms with Crippen molar-refractivity contribution in [2.45, 2.75) is 0 Å². The predicted octanol–water partition coefficient (Wildman–Crippen LogP) is 4.37. The normalized spacial score (nSPS) is 10.8. The zero-order valence-electron chi connectivity index (χ0n) is 13.4. The Kier molecular flexibility index (Phi) is 5.16. The molecule has 2 aromatic carbocycles. The Labute approximate surface area is 149 Å². The highest BCUT2D eigenvalue weighted by molar-refractivity contribution is 6.30. The van der Waals surface area contributed by atoms with Gasteiger partial charge in [-0.2, -0.15) is 5.10 Å². The average Bonchev–Trinajstić information content (AvgIpc) is 3.11. The molecule has 3 rings (SSSR count). The Morgan fingerprint density at radius 3 is 2.68 bits per heavy atom. The summed E-state index contributed by atoms with van der Waals surface area (Å²) in [5.41, 5.74) is 3.80. The van der Waals surface area contributed by atoms with Gasteiger partial charge in [-0.05, 0) is 48.5 Å². The third-order valence-corrected chi connectivity index (χ3v) is 3.68. The fourth-order valence-corrected chi connectivity index (χ4v) is 2.37. The van der Waals surface area contributed by atoms with Gasteiger partial charge in [-0.3, -0.25) is 4.79 Å². The molecule has 0 aliphatic carbocycles. The number of carbonyl (C=O) groups is 1. The molecule has 0 saturated carbocycles. The molecule has 0 radical (unpaired) electrons. The summed E-state index contributed by atoms with van der Waals surface area (Å²) >= 11 is 5.97. The third-order valence-electron chi connectivity index (χ3n) is 3.45. The van der Waals surface area contributed by atoms with Gasteiger partial charge < -0.3 is 9.15 Å². The number of rotatable bonds is 5. The Hall–Kier alpha value is -3.05. The largest absolute Gasteiger partial charge is 0.497 e. The number of nitrogens with one attached hydrogen (secondary N) is 1. The van der Waals surface area contributed by atoms with E-state index in [0.29, 0.717) is 27.9 Å². The van der Waals surface area contributed by atoms with E-state index in [4.69, 9.17) is 20.8 Å². The summed E-state index contributed by atoms with van der Waals surface area (Å²) in [7, 11) is 1.57. The van der Waals surface area contributed by atoms with Crippen molar-refractivity contribution in [3.05, 3.63) is 77.0 Å². The SMILES string of the molecule is COc1ccc(C(=O)N/N=C\c2ccc(-c3cccc(Cl)c3)o2)cc1. The first-order chi connectivity index (χ1) is 12.2. The number of hydrazone groups is 1. The number of halogens is 1. The lowest BCUT2D eigenvalue weighted by molar-refractivity contribution is 0.0955. The number of nitrogens with zero attached hydrogens (tertiary/aromatic N) is 1. The molecule has 0 spiro atoms. The lowest BCUT2D eigenvalue weighted by Crippen LogP contribution is -2.17. The standard InChI is InChI=1S/C19H15ClN2O3/c1-24-16-7-5-13(6-8-16)19(23)22-21-12-17-9-10-18(25-17)14-3-2-4-15(20)11-14/h2-12H,1H3,(H,22,23)/b21-12-. The highest BCUT2D eigenvalue weighted by atomic mass is 35.5. The molecule has 1 amide bonds. The molecule has 126 valence electrons. The first-order valence-electron chi connectivity index (χ1n) is 7.49. The van der Waals surface area contributed by atoms with Crippen molar-refractivity contribution in [3.63, 3.8) is 0 Å². The first kappa shape index (κ1) is 16.8. The van der Waals surface area contributed by atoms with Crippen LogP contribution in [0.3, 0.4) is 0 Å². The van der Waals surface area contributed by atoms with Gasteiger partial charge in [0.2, 0.25) is 0 Å². The molecule has 6 heteroatoms. The smallest absolute Gasteiger partial charge is 0.271 e.